The van der Waals surface area contributed by atoms with E-state index in [1.807, 2.05) is 0 Å². The molecule has 3 aromatic heterocycles. The average molecular weight is 537 g/mol. The number of carbonyl (C=O) groups is 1. The van der Waals surface area contributed by atoms with E-state index in [0.29, 0.717) is 27.7 Å². The number of pyridine rings is 1. The van der Waals surface area contributed by atoms with Gasteiger partial charge in [0.05, 0.1) is 30.3 Å². The van der Waals surface area contributed by atoms with E-state index in [1.165, 1.54) is 42.3 Å². The number of non-ortho nitro benzene ring substituents is 1. The number of nitro benzene ring substituents is 1. The Morgan fingerprint density at radius 2 is 2.05 bits per heavy atom. The minimum absolute atomic E-state index is 0.0676. The molecule has 0 saturated carbocycles. The first-order valence-corrected chi connectivity index (χ1v) is 12.3. The third-order valence-corrected chi connectivity index (χ3v) is 6.94. The van der Waals surface area contributed by atoms with Crippen LogP contribution in [-0.4, -0.2) is 47.6 Å². The Labute approximate surface area is 220 Å². The molecule has 0 saturated heterocycles. The number of methoxy groups -OCH3 is 1. The summed E-state index contributed by atoms with van der Waals surface area (Å²) < 4.78 is 6.37. The number of nitrogens with one attached hydrogen (secondary N) is 1. The summed E-state index contributed by atoms with van der Waals surface area (Å²) in [5, 5.41) is 23.0. The van der Waals surface area contributed by atoms with E-state index in [2.05, 4.69) is 19.9 Å². The molecule has 1 atom stereocenters. The molecule has 13 heteroatoms. The molecule has 0 bridgehead atoms. The van der Waals surface area contributed by atoms with Crippen molar-refractivity contribution in [2.75, 3.05) is 7.11 Å². The largest absolute Gasteiger partial charge is 0.507 e. The van der Waals surface area contributed by atoms with Gasteiger partial charge in [0.2, 0.25) is 0 Å². The SMILES string of the molecule is COC(=O)C[C@H](c1cc([N+](=O)[O-])ccc1Sc1ncccn1)c1c(O)cc(C)n(CCc2cnc[nH]2)c1=O. The number of carbonyl (C=O) groups excluding carboxylic acids is 1. The maximum absolute atomic E-state index is 13.8. The number of nitrogens with zero attached hydrogens (tertiary/aromatic N) is 5. The van der Waals surface area contributed by atoms with Crippen LogP contribution in [0.5, 0.6) is 5.75 Å². The Bertz CT molecular complexity index is 1510. The number of ether oxygens (including phenoxy) is 1. The number of aromatic nitrogens is 5. The topological polar surface area (TPSA) is 166 Å². The molecule has 0 amide bonds. The lowest BCUT2D eigenvalue weighted by Crippen LogP contribution is -2.29. The third kappa shape index (κ3) is 5.89. The molecule has 0 fully saturated rings. The van der Waals surface area contributed by atoms with Crippen LogP contribution in [0.25, 0.3) is 0 Å². The number of hydrogen-bond acceptors (Lipinski definition) is 10. The summed E-state index contributed by atoms with van der Waals surface area (Å²) in [7, 11) is 1.21. The zero-order valence-corrected chi connectivity index (χ0v) is 21.3. The van der Waals surface area contributed by atoms with Gasteiger partial charge in [0.1, 0.15) is 5.75 Å². The van der Waals surface area contributed by atoms with Crippen molar-refractivity contribution in [3.63, 3.8) is 0 Å². The van der Waals surface area contributed by atoms with Crippen LogP contribution in [0, 0.1) is 17.0 Å². The molecule has 0 unspecified atom stereocenters. The Balaban J connectivity index is 1.88. The van der Waals surface area contributed by atoms with Gasteiger partial charge in [0, 0.05) is 65.9 Å². The molecule has 38 heavy (non-hydrogen) atoms. The number of nitro groups is 1. The Morgan fingerprint density at radius 1 is 1.29 bits per heavy atom. The van der Waals surface area contributed by atoms with Gasteiger partial charge in [0.15, 0.2) is 5.16 Å². The summed E-state index contributed by atoms with van der Waals surface area (Å²) in [4.78, 5) is 53.3. The van der Waals surface area contributed by atoms with Crippen molar-refractivity contribution in [2.24, 2.45) is 0 Å². The predicted molar refractivity (Wildman–Crippen MR) is 137 cm³/mol. The number of aromatic hydroxyl groups is 1. The quantitative estimate of drug-likeness (QED) is 0.133. The van der Waals surface area contributed by atoms with Crippen LogP contribution in [0.4, 0.5) is 5.69 Å². The molecule has 3 heterocycles. The number of H-pyrrole nitrogens is 1. The summed E-state index contributed by atoms with van der Waals surface area (Å²) in [6, 6.07) is 7.23. The second-order valence-corrected chi connectivity index (χ2v) is 9.32. The molecule has 4 rings (SSSR count). The van der Waals surface area contributed by atoms with Crippen molar-refractivity contribution in [3.05, 3.63) is 98.2 Å². The Hall–Kier alpha value is -4.52. The van der Waals surface area contributed by atoms with Crippen LogP contribution in [0.1, 0.15) is 34.9 Å². The first-order valence-electron chi connectivity index (χ1n) is 11.5. The van der Waals surface area contributed by atoms with Gasteiger partial charge in [-0.15, -0.1) is 0 Å². The van der Waals surface area contributed by atoms with Crippen molar-refractivity contribution in [2.45, 2.75) is 42.3 Å². The van der Waals surface area contributed by atoms with Crippen LogP contribution in [-0.2, 0) is 22.5 Å². The average Bonchev–Trinajstić information content (AvgIpc) is 3.42. The van der Waals surface area contributed by atoms with Crippen LogP contribution in [0.15, 0.2) is 70.1 Å². The fraction of sp³-hybridized carbons (Fsp3) is 0.240. The molecule has 2 N–H and O–H groups in total. The molecule has 0 aliphatic heterocycles. The Morgan fingerprint density at radius 3 is 2.71 bits per heavy atom. The molecule has 1 aromatic carbocycles. The standard InChI is InChI=1S/C25H24N6O6S/c1-15-10-20(32)23(24(34)30(15)9-6-16-13-26-14-29-16)19(12-22(33)37-2)18-11-17(31(35)36)4-5-21(18)38-25-27-7-3-8-28-25/h3-5,7-8,10-11,13-14,19,32H,6,9,12H2,1-2H3,(H,26,29)/t19-/m1/s1. The summed E-state index contributed by atoms with van der Waals surface area (Å²) in [6.45, 7) is 1.97. The van der Waals surface area contributed by atoms with Gasteiger partial charge < -0.3 is 19.4 Å². The highest BCUT2D eigenvalue weighted by molar-refractivity contribution is 7.99. The van der Waals surface area contributed by atoms with E-state index in [-0.39, 0.29) is 30.0 Å². The fourth-order valence-electron chi connectivity index (χ4n) is 4.10. The fourth-order valence-corrected chi connectivity index (χ4v) is 4.98. The first kappa shape index (κ1) is 26.5. The minimum atomic E-state index is -1.06. The molecule has 0 aliphatic rings. The summed E-state index contributed by atoms with van der Waals surface area (Å²) >= 11 is 1.12. The number of benzene rings is 1. The number of hydrogen-bond donors (Lipinski definition) is 2. The lowest BCUT2D eigenvalue weighted by molar-refractivity contribution is -0.385. The monoisotopic (exact) mass is 536 g/mol. The third-order valence-electron chi connectivity index (χ3n) is 5.95. The van der Waals surface area contributed by atoms with E-state index in [4.69, 9.17) is 4.74 Å². The lowest BCUT2D eigenvalue weighted by Gasteiger charge is -2.22. The van der Waals surface area contributed by atoms with Gasteiger partial charge in [-0.3, -0.25) is 19.7 Å². The molecule has 196 valence electrons. The second kappa shape index (κ2) is 11.7. The van der Waals surface area contributed by atoms with Crippen LogP contribution < -0.4 is 5.56 Å². The summed E-state index contributed by atoms with van der Waals surface area (Å²) in [6.07, 6.45) is 6.42. The van der Waals surface area contributed by atoms with Crippen molar-refractivity contribution in [1.29, 1.82) is 0 Å². The van der Waals surface area contributed by atoms with Crippen molar-refractivity contribution in [1.82, 2.24) is 24.5 Å². The molecule has 12 nitrogen and oxygen atoms in total. The van der Waals surface area contributed by atoms with Crippen LogP contribution >= 0.6 is 11.8 Å². The van der Waals surface area contributed by atoms with Gasteiger partial charge in [-0.2, -0.15) is 0 Å². The van der Waals surface area contributed by atoms with Gasteiger partial charge in [-0.05, 0) is 42.4 Å². The van der Waals surface area contributed by atoms with E-state index in [9.17, 15) is 24.8 Å². The molecular formula is C25H24N6O6S. The van der Waals surface area contributed by atoms with Gasteiger partial charge >= 0.3 is 5.97 Å². The molecule has 0 spiro atoms. The smallest absolute Gasteiger partial charge is 0.306 e. The van der Waals surface area contributed by atoms with Gasteiger partial charge in [0.25, 0.3) is 11.2 Å². The second-order valence-electron chi connectivity index (χ2n) is 8.31. The van der Waals surface area contributed by atoms with Crippen molar-refractivity contribution >= 4 is 23.4 Å². The zero-order valence-electron chi connectivity index (χ0n) is 20.5. The highest BCUT2D eigenvalue weighted by atomic mass is 32.2. The van der Waals surface area contributed by atoms with E-state index >= 15 is 0 Å². The highest BCUT2D eigenvalue weighted by Gasteiger charge is 2.30. The van der Waals surface area contributed by atoms with Gasteiger partial charge in [-0.1, -0.05) is 0 Å². The van der Waals surface area contributed by atoms with Crippen molar-refractivity contribution in [3.8, 4) is 5.75 Å². The number of esters is 1. The number of aromatic amines is 1. The number of rotatable bonds is 10. The molecular weight excluding hydrogens is 512 g/mol. The highest BCUT2D eigenvalue weighted by Crippen LogP contribution is 2.40. The van der Waals surface area contributed by atoms with E-state index in [1.54, 1.807) is 31.6 Å². The maximum Gasteiger partial charge on any atom is 0.306 e. The minimum Gasteiger partial charge on any atom is -0.507 e. The Kier molecular flexibility index (Phi) is 8.16. The normalized spacial score (nSPS) is 11.7. The lowest BCUT2D eigenvalue weighted by atomic mass is 9.88. The van der Waals surface area contributed by atoms with E-state index in [0.717, 1.165) is 17.5 Å². The van der Waals surface area contributed by atoms with Gasteiger partial charge in [-0.25, -0.2) is 15.0 Å². The zero-order chi connectivity index (χ0) is 27.2. The maximum atomic E-state index is 13.8. The van der Waals surface area contributed by atoms with Crippen molar-refractivity contribution < 1.29 is 19.6 Å². The molecule has 0 radical (unpaired) electrons. The van der Waals surface area contributed by atoms with Crippen LogP contribution in [0.3, 0.4) is 0 Å². The summed E-state index contributed by atoms with van der Waals surface area (Å²) in [5.74, 6) is -2.03. The number of imidazole rings is 1. The van der Waals surface area contributed by atoms with E-state index < -0.39 is 22.4 Å². The predicted octanol–water partition coefficient (Wildman–Crippen LogP) is 3.37. The van der Waals surface area contributed by atoms with Crippen LogP contribution in [0.2, 0.25) is 0 Å². The molecule has 0 aliphatic carbocycles. The first-order chi connectivity index (χ1) is 18.3. The molecule has 4 aromatic rings. The number of aryl methyl sites for hydroxylation is 2. The summed E-state index contributed by atoms with van der Waals surface area (Å²) in [5.41, 5.74) is 0.797.